The fourth-order valence-corrected chi connectivity index (χ4v) is 2.84. The fourth-order valence-electron chi connectivity index (χ4n) is 2.71. The van der Waals surface area contributed by atoms with Gasteiger partial charge in [0.25, 0.3) is 5.91 Å². The van der Waals surface area contributed by atoms with E-state index in [1.54, 1.807) is 39.8 Å². The molecule has 0 aliphatic rings. The van der Waals surface area contributed by atoms with Gasteiger partial charge >= 0.3 is 0 Å². The van der Waals surface area contributed by atoms with Crippen LogP contribution in [0.25, 0.3) is 0 Å². The Kier molecular flexibility index (Phi) is 5.13. The number of aromatic nitrogens is 6. The molecule has 0 radical (unpaired) electrons. The first-order chi connectivity index (χ1) is 12.4. The molecular formula is C17H22ClN7O. The molecular weight excluding hydrogens is 354 g/mol. The standard InChI is InChI=1S/C17H22ClN7O/c1-5-23-10-14(8-19-23)9-22(4)17(26)15-6-7-24(21-15)11-25-13(3)16(18)12(2)20-25/h6-8,10H,5,9,11H2,1-4H3. The van der Waals surface area contributed by atoms with Gasteiger partial charge in [-0.25, -0.2) is 4.68 Å². The highest BCUT2D eigenvalue weighted by Crippen LogP contribution is 2.18. The van der Waals surface area contributed by atoms with Gasteiger partial charge in [0.05, 0.1) is 22.6 Å². The summed E-state index contributed by atoms with van der Waals surface area (Å²) in [5, 5.41) is 13.6. The van der Waals surface area contributed by atoms with Crippen LogP contribution in [0.1, 0.15) is 34.4 Å². The van der Waals surface area contributed by atoms with E-state index in [0.29, 0.717) is 23.9 Å². The molecule has 0 spiro atoms. The average Bonchev–Trinajstić information content (AvgIpc) is 3.32. The fraction of sp³-hybridized carbons (Fsp3) is 0.412. The van der Waals surface area contributed by atoms with Gasteiger partial charge in [-0.3, -0.25) is 14.2 Å². The Bertz CT molecular complexity index is 924. The molecule has 0 aliphatic carbocycles. The van der Waals surface area contributed by atoms with Crippen molar-refractivity contribution >= 4 is 17.5 Å². The molecule has 8 nitrogen and oxygen atoms in total. The molecule has 0 fully saturated rings. The third-order valence-corrected chi connectivity index (χ3v) is 4.76. The van der Waals surface area contributed by atoms with Crippen molar-refractivity contribution in [3.8, 4) is 0 Å². The molecule has 0 saturated carbocycles. The molecule has 9 heteroatoms. The van der Waals surface area contributed by atoms with Crippen molar-refractivity contribution in [1.82, 2.24) is 34.2 Å². The summed E-state index contributed by atoms with van der Waals surface area (Å²) in [4.78, 5) is 14.2. The Balaban J connectivity index is 1.68. The minimum atomic E-state index is -0.139. The summed E-state index contributed by atoms with van der Waals surface area (Å²) >= 11 is 6.17. The zero-order valence-electron chi connectivity index (χ0n) is 15.3. The maximum Gasteiger partial charge on any atom is 0.274 e. The van der Waals surface area contributed by atoms with Crippen molar-refractivity contribution in [2.45, 2.75) is 40.5 Å². The first-order valence-electron chi connectivity index (χ1n) is 8.38. The second-order valence-electron chi connectivity index (χ2n) is 6.23. The minimum absolute atomic E-state index is 0.139. The molecule has 0 N–H and O–H groups in total. The maximum absolute atomic E-state index is 12.6. The SMILES string of the molecule is CCn1cc(CN(C)C(=O)c2ccn(Cn3nc(C)c(Cl)c3C)n2)cn1. The van der Waals surface area contributed by atoms with E-state index >= 15 is 0 Å². The monoisotopic (exact) mass is 375 g/mol. The van der Waals surface area contributed by atoms with Gasteiger partial charge < -0.3 is 4.90 Å². The lowest BCUT2D eigenvalue weighted by molar-refractivity contribution is 0.0778. The second kappa shape index (κ2) is 7.33. The highest BCUT2D eigenvalue weighted by Gasteiger charge is 2.16. The molecule has 0 aromatic carbocycles. The largest absolute Gasteiger partial charge is 0.336 e. The molecule has 138 valence electrons. The van der Waals surface area contributed by atoms with E-state index in [4.69, 9.17) is 11.6 Å². The van der Waals surface area contributed by atoms with E-state index in [1.807, 2.05) is 31.6 Å². The van der Waals surface area contributed by atoms with Crippen LogP contribution in [0.4, 0.5) is 0 Å². The summed E-state index contributed by atoms with van der Waals surface area (Å²) in [5.41, 5.74) is 3.03. The molecule has 3 aromatic heterocycles. The predicted octanol–water partition coefficient (Wildman–Crippen LogP) is 2.34. The van der Waals surface area contributed by atoms with Gasteiger partial charge in [0.1, 0.15) is 12.4 Å². The quantitative estimate of drug-likeness (QED) is 0.662. The minimum Gasteiger partial charge on any atom is -0.336 e. The topological polar surface area (TPSA) is 73.8 Å². The van der Waals surface area contributed by atoms with Crippen LogP contribution in [0.15, 0.2) is 24.7 Å². The Labute approximate surface area is 157 Å². The van der Waals surface area contributed by atoms with E-state index in [9.17, 15) is 4.79 Å². The lowest BCUT2D eigenvalue weighted by Crippen LogP contribution is -2.26. The van der Waals surface area contributed by atoms with Gasteiger partial charge in [-0.05, 0) is 26.8 Å². The number of aryl methyl sites for hydroxylation is 2. The van der Waals surface area contributed by atoms with Gasteiger partial charge in [0.2, 0.25) is 0 Å². The number of nitrogens with zero attached hydrogens (tertiary/aromatic N) is 7. The number of rotatable bonds is 6. The maximum atomic E-state index is 12.6. The summed E-state index contributed by atoms with van der Waals surface area (Å²) in [7, 11) is 1.76. The lowest BCUT2D eigenvalue weighted by Gasteiger charge is -2.14. The van der Waals surface area contributed by atoms with Crippen LogP contribution in [0, 0.1) is 13.8 Å². The normalized spacial score (nSPS) is 11.1. The Morgan fingerprint density at radius 2 is 2.04 bits per heavy atom. The summed E-state index contributed by atoms with van der Waals surface area (Å²) in [6.07, 6.45) is 5.48. The predicted molar refractivity (Wildman–Crippen MR) is 98.0 cm³/mol. The van der Waals surface area contributed by atoms with Gasteiger partial charge in [0.15, 0.2) is 0 Å². The molecule has 0 saturated heterocycles. The van der Waals surface area contributed by atoms with E-state index in [-0.39, 0.29) is 5.91 Å². The first kappa shape index (κ1) is 18.2. The van der Waals surface area contributed by atoms with Gasteiger partial charge in [-0.2, -0.15) is 15.3 Å². The smallest absolute Gasteiger partial charge is 0.274 e. The Morgan fingerprint density at radius 3 is 2.65 bits per heavy atom. The van der Waals surface area contributed by atoms with E-state index in [0.717, 1.165) is 23.5 Å². The van der Waals surface area contributed by atoms with Crippen LogP contribution in [0.2, 0.25) is 5.02 Å². The Morgan fingerprint density at radius 1 is 1.27 bits per heavy atom. The highest BCUT2D eigenvalue weighted by molar-refractivity contribution is 6.31. The van der Waals surface area contributed by atoms with Crippen LogP contribution < -0.4 is 0 Å². The number of halogens is 1. The number of hydrogen-bond acceptors (Lipinski definition) is 4. The first-order valence-corrected chi connectivity index (χ1v) is 8.76. The molecule has 0 unspecified atom stereocenters. The molecule has 3 heterocycles. The van der Waals surface area contributed by atoms with Crippen molar-refractivity contribution in [1.29, 1.82) is 0 Å². The van der Waals surface area contributed by atoms with Gasteiger partial charge in [-0.1, -0.05) is 11.6 Å². The molecule has 3 rings (SSSR count). The third-order valence-electron chi connectivity index (χ3n) is 4.21. The summed E-state index contributed by atoms with van der Waals surface area (Å²) in [5.74, 6) is -0.139. The molecule has 1 amide bonds. The summed E-state index contributed by atoms with van der Waals surface area (Å²) in [6, 6.07) is 1.71. The van der Waals surface area contributed by atoms with Crippen LogP contribution in [-0.2, 0) is 19.8 Å². The van der Waals surface area contributed by atoms with Crippen LogP contribution in [0.5, 0.6) is 0 Å². The zero-order chi connectivity index (χ0) is 18.8. The molecule has 26 heavy (non-hydrogen) atoms. The number of carbonyl (C=O) groups is 1. The van der Waals surface area contributed by atoms with Crippen LogP contribution >= 0.6 is 11.6 Å². The highest BCUT2D eigenvalue weighted by atomic mass is 35.5. The zero-order valence-corrected chi connectivity index (χ0v) is 16.1. The summed E-state index contributed by atoms with van der Waals surface area (Å²) < 4.78 is 5.27. The van der Waals surface area contributed by atoms with E-state index in [2.05, 4.69) is 15.3 Å². The number of carbonyl (C=O) groups excluding carboxylic acids is 1. The lowest BCUT2D eigenvalue weighted by atomic mass is 10.3. The third kappa shape index (κ3) is 3.65. The molecule has 3 aromatic rings. The number of hydrogen-bond donors (Lipinski definition) is 0. The van der Waals surface area contributed by atoms with Gasteiger partial charge in [-0.15, -0.1) is 0 Å². The van der Waals surface area contributed by atoms with Crippen LogP contribution in [0.3, 0.4) is 0 Å². The summed E-state index contributed by atoms with van der Waals surface area (Å²) in [6.45, 7) is 7.48. The van der Waals surface area contributed by atoms with E-state index in [1.165, 1.54) is 0 Å². The van der Waals surface area contributed by atoms with Crippen molar-refractivity contribution in [2.75, 3.05) is 7.05 Å². The van der Waals surface area contributed by atoms with Gasteiger partial charge in [0, 0.05) is 38.1 Å². The molecule has 0 bridgehead atoms. The number of amides is 1. The van der Waals surface area contributed by atoms with Crippen molar-refractivity contribution in [3.05, 3.63) is 52.3 Å². The van der Waals surface area contributed by atoms with Crippen molar-refractivity contribution in [2.24, 2.45) is 0 Å². The average molecular weight is 376 g/mol. The van der Waals surface area contributed by atoms with Crippen LogP contribution in [-0.4, -0.2) is 47.2 Å². The van der Waals surface area contributed by atoms with E-state index < -0.39 is 0 Å². The molecule has 0 atom stereocenters. The molecule has 0 aliphatic heterocycles. The van der Waals surface area contributed by atoms with Crippen molar-refractivity contribution < 1.29 is 4.79 Å². The Hall–Kier alpha value is -2.61. The van der Waals surface area contributed by atoms with Crippen molar-refractivity contribution in [3.63, 3.8) is 0 Å². The second-order valence-corrected chi connectivity index (χ2v) is 6.61.